The van der Waals surface area contributed by atoms with Crippen molar-refractivity contribution in [2.24, 2.45) is 7.05 Å². The summed E-state index contributed by atoms with van der Waals surface area (Å²) in [6.07, 6.45) is 4.02. The van der Waals surface area contributed by atoms with Gasteiger partial charge in [-0.05, 0) is 49.6 Å². The number of ether oxygens (including phenoxy) is 1. The lowest BCUT2D eigenvalue weighted by Crippen LogP contribution is -2.39. The molecular formula is C23H28N4O3S. The first-order valence-corrected chi connectivity index (χ1v) is 11.9. The van der Waals surface area contributed by atoms with Crippen LogP contribution in [0.25, 0.3) is 0 Å². The Balaban J connectivity index is 1.53. The molecule has 0 amide bonds. The van der Waals surface area contributed by atoms with Crippen LogP contribution in [-0.4, -0.2) is 47.7 Å². The molecule has 1 atom stereocenters. The number of aryl methyl sites for hydroxylation is 2. The van der Waals surface area contributed by atoms with Crippen LogP contribution in [0, 0.1) is 6.92 Å². The standard InChI is InChI=1S/C23H28N4O3S/c1-17-23(16-26(2)25-17)31(28,29)27-12-6-8-19(15-27)22-11-5-9-20(24-22)13-18-7-4-10-21(14-18)30-3/h4-5,7,9-11,14,16,19H,6,8,12-13,15H2,1-3H3. The van der Waals surface area contributed by atoms with Crippen LogP contribution in [0.2, 0.25) is 0 Å². The third-order valence-corrected chi connectivity index (χ3v) is 7.70. The molecule has 1 aromatic carbocycles. The highest BCUT2D eigenvalue weighted by Crippen LogP contribution is 2.30. The number of benzene rings is 1. The number of methoxy groups -OCH3 is 1. The van der Waals surface area contributed by atoms with Crippen molar-refractivity contribution >= 4 is 10.0 Å². The van der Waals surface area contributed by atoms with Gasteiger partial charge in [0, 0.05) is 50.1 Å². The van der Waals surface area contributed by atoms with E-state index in [1.165, 1.54) is 0 Å². The highest BCUT2D eigenvalue weighted by molar-refractivity contribution is 7.89. The van der Waals surface area contributed by atoms with Crippen LogP contribution in [0.5, 0.6) is 5.75 Å². The second-order valence-electron chi connectivity index (χ2n) is 8.04. The zero-order valence-electron chi connectivity index (χ0n) is 18.2. The van der Waals surface area contributed by atoms with Crippen molar-refractivity contribution in [1.29, 1.82) is 0 Å². The molecule has 1 aliphatic heterocycles. The third-order valence-electron chi connectivity index (χ3n) is 5.74. The van der Waals surface area contributed by atoms with E-state index in [1.54, 1.807) is 36.3 Å². The first kappa shape index (κ1) is 21.5. The predicted octanol–water partition coefficient (Wildman–Crippen LogP) is 3.29. The first-order valence-electron chi connectivity index (χ1n) is 10.5. The normalized spacial score (nSPS) is 17.6. The quantitative estimate of drug-likeness (QED) is 0.588. The molecule has 0 saturated carbocycles. The van der Waals surface area contributed by atoms with Crippen molar-refractivity contribution < 1.29 is 13.2 Å². The minimum Gasteiger partial charge on any atom is -0.497 e. The number of sulfonamides is 1. The van der Waals surface area contributed by atoms with Crippen LogP contribution in [0.3, 0.4) is 0 Å². The van der Waals surface area contributed by atoms with Gasteiger partial charge in [-0.2, -0.15) is 9.40 Å². The van der Waals surface area contributed by atoms with Gasteiger partial charge in [0.25, 0.3) is 0 Å². The molecule has 0 bridgehead atoms. The number of aromatic nitrogens is 3. The first-order chi connectivity index (χ1) is 14.9. The van der Waals surface area contributed by atoms with Gasteiger partial charge >= 0.3 is 0 Å². The maximum absolute atomic E-state index is 13.2. The van der Waals surface area contributed by atoms with E-state index in [9.17, 15) is 8.42 Å². The summed E-state index contributed by atoms with van der Waals surface area (Å²) in [5, 5.41) is 4.20. The zero-order valence-corrected chi connectivity index (χ0v) is 19.0. The van der Waals surface area contributed by atoms with E-state index in [0.717, 1.165) is 35.5 Å². The lowest BCUT2D eigenvalue weighted by molar-refractivity contribution is 0.312. The van der Waals surface area contributed by atoms with Crippen molar-refractivity contribution in [3.8, 4) is 5.75 Å². The largest absolute Gasteiger partial charge is 0.497 e. The predicted molar refractivity (Wildman–Crippen MR) is 119 cm³/mol. The summed E-state index contributed by atoms with van der Waals surface area (Å²) in [5.74, 6) is 0.901. The molecule has 7 nitrogen and oxygen atoms in total. The van der Waals surface area contributed by atoms with Gasteiger partial charge in [-0.15, -0.1) is 0 Å². The smallest absolute Gasteiger partial charge is 0.246 e. The van der Waals surface area contributed by atoms with Crippen LogP contribution in [0.15, 0.2) is 53.6 Å². The molecule has 4 rings (SSSR count). The fourth-order valence-electron chi connectivity index (χ4n) is 4.19. The Morgan fingerprint density at radius 2 is 2.00 bits per heavy atom. The molecule has 0 N–H and O–H groups in total. The number of hydrogen-bond donors (Lipinski definition) is 0. The summed E-state index contributed by atoms with van der Waals surface area (Å²) in [4.78, 5) is 5.17. The Hall–Kier alpha value is -2.71. The third kappa shape index (κ3) is 4.65. The average Bonchev–Trinajstić information content (AvgIpc) is 3.13. The highest BCUT2D eigenvalue weighted by atomic mass is 32.2. The fraction of sp³-hybridized carbons (Fsp3) is 0.391. The molecule has 164 valence electrons. The number of pyridine rings is 1. The van der Waals surface area contributed by atoms with Gasteiger partial charge in [-0.25, -0.2) is 8.42 Å². The lowest BCUT2D eigenvalue weighted by atomic mass is 9.95. The van der Waals surface area contributed by atoms with Gasteiger partial charge in [-0.1, -0.05) is 18.2 Å². The van der Waals surface area contributed by atoms with Crippen molar-refractivity contribution in [1.82, 2.24) is 19.1 Å². The number of hydrogen-bond acceptors (Lipinski definition) is 5. The molecule has 1 aliphatic rings. The maximum Gasteiger partial charge on any atom is 0.246 e. The van der Waals surface area contributed by atoms with E-state index < -0.39 is 10.0 Å². The summed E-state index contributed by atoms with van der Waals surface area (Å²) in [7, 11) is -0.171. The molecule has 3 heterocycles. The molecule has 31 heavy (non-hydrogen) atoms. The molecule has 3 aromatic rings. The van der Waals surface area contributed by atoms with E-state index in [-0.39, 0.29) is 10.8 Å². The highest BCUT2D eigenvalue weighted by Gasteiger charge is 2.33. The van der Waals surface area contributed by atoms with Gasteiger partial charge in [0.15, 0.2) is 0 Å². The van der Waals surface area contributed by atoms with Crippen LogP contribution >= 0.6 is 0 Å². The second-order valence-corrected chi connectivity index (χ2v) is 9.94. The zero-order chi connectivity index (χ0) is 22.0. The molecule has 1 saturated heterocycles. The van der Waals surface area contributed by atoms with E-state index in [0.29, 0.717) is 25.2 Å². The topological polar surface area (TPSA) is 77.3 Å². The molecule has 2 aromatic heterocycles. The molecule has 1 unspecified atom stereocenters. The minimum absolute atomic E-state index is 0.0748. The van der Waals surface area contributed by atoms with Gasteiger partial charge in [-0.3, -0.25) is 9.67 Å². The van der Waals surface area contributed by atoms with Crippen molar-refractivity contribution in [3.63, 3.8) is 0 Å². The van der Waals surface area contributed by atoms with Crippen molar-refractivity contribution in [2.75, 3.05) is 20.2 Å². The monoisotopic (exact) mass is 440 g/mol. The van der Waals surface area contributed by atoms with Gasteiger partial charge in [0.05, 0.1) is 12.8 Å². The fourth-order valence-corrected chi connectivity index (χ4v) is 5.91. The molecule has 1 fully saturated rings. The number of rotatable bonds is 6. The molecular weight excluding hydrogens is 412 g/mol. The summed E-state index contributed by atoms with van der Waals surface area (Å²) in [6, 6.07) is 14.0. The summed E-state index contributed by atoms with van der Waals surface area (Å²) >= 11 is 0. The second kappa shape index (κ2) is 8.80. The Bertz CT molecular complexity index is 1170. The Morgan fingerprint density at radius 1 is 1.19 bits per heavy atom. The van der Waals surface area contributed by atoms with Crippen LogP contribution in [0.4, 0.5) is 0 Å². The van der Waals surface area contributed by atoms with Crippen LogP contribution in [-0.2, 0) is 23.5 Å². The maximum atomic E-state index is 13.2. The SMILES string of the molecule is COc1cccc(Cc2cccc(C3CCCN(S(=O)(=O)c4cn(C)nc4C)C3)n2)c1. The molecule has 0 radical (unpaired) electrons. The Morgan fingerprint density at radius 3 is 2.74 bits per heavy atom. The van der Waals surface area contributed by atoms with Crippen LogP contribution in [0.1, 0.15) is 41.4 Å². The molecule has 8 heteroatoms. The van der Waals surface area contributed by atoms with E-state index >= 15 is 0 Å². The average molecular weight is 441 g/mol. The summed E-state index contributed by atoms with van der Waals surface area (Å²) in [6.45, 7) is 2.70. The van der Waals surface area contributed by atoms with E-state index in [1.807, 2.05) is 36.4 Å². The molecule has 0 aliphatic carbocycles. The molecule has 0 spiro atoms. The van der Waals surface area contributed by atoms with Gasteiger partial charge in [0.2, 0.25) is 10.0 Å². The Kier molecular flexibility index (Phi) is 6.11. The van der Waals surface area contributed by atoms with E-state index in [2.05, 4.69) is 11.2 Å². The number of piperidine rings is 1. The Labute approximate surface area is 183 Å². The van der Waals surface area contributed by atoms with E-state index in [4.69, 9.17) is 9.72 Å². The minimum atomic E-state index is -3.57. The van der Waals surface area contributed by atoms with Gasteiger partial charge in [0.1, 0.15) is 10.6 Å². The van der Waals surface area contributed by atoms with Crippen LogP contribution < -0.4 is 4.74 Å². The number of nitrogens with zero attached hydrogens (tertiary/aromatic N) is 4. The van der Waals surface area contributed by atoms with Crippen molar-refractivity contribution in [2.45, 2.75) is 37.0 Å². The summed E-state index contributed by atoms with van der Waals surface area (Å²) in [5.41, 5.74) is 3.57. The summed E-state index contributed by atoms with van der Waals surface area (Å²) < 4.78 is 34.9. The van der Waals surface area contributed by atoms with Crippen molar-refractivity contribution in [3.05, 3.63) is 71.3 Å². The van der Waals surface area contributed by atoms with Gasteiger partial charge < -0.3 is 4.74 Å². The lowest BCUT2D eigenvalue weighted by Gasteiger charge is -2.31.